The van der Waals surface area contributed by atoms with Gasteiger partial charge in [-0.05, 0) is 42.3 Å². The van der Waals surface area contributed by atoms with Crippen molar-refractivity contribution in [1.82, 2.24) is 0 Å². The summed E-state index contributed by atoms with van der Waals surface area (Å²) in [7, 11) is 0. The first-order valence-electron chi connectivity index (χ1n) is 8.09. The molecular formula is C19H21N3O3S. The first-order valence-corrected chi connectivity index (χ1v) is 9.07. The van der Waals surface area contributed by atoms with Crippen LogP contribution in [-0.2, 0) is 15.3 Å². The molecule has 0 fully saturated rings. The Hall–Kier alpha value is -2.80. The lowest BCUT2D eigenvalue weighted by atomic mass is 10.2. The van der Waals surface area contributed by atoms with E-state index in [-0.39, 0.29) is 6.61 Å². The summed E-state index contributed by atoms with van der Waals surface area (Å²) in [6.45, 7) is 1.98. The second-order valence-electron chi connectivity index (χ2n) is 5.12. The smallest absolute Gasteiger partial charge is 0.344 e. The highest BCUT2D eigenvalue weighted by atomic mass is 32.2. The van der Waals surface area contributed by atoms with E-state index in [1.54, 1.807) is 25.3 Å². The molecule has 0 atom stereocenters. The molecule has 26 heavy (non-hydrogen) atoms. The fraction of sp³-hybridized carbons (Fsp3) is 0.211. The van der Waals surface area contributed by atoms with Gasteiger partial charge in [-0.2, -0.15) is 5.10 Å². The molecule has 2 rings (SSSR count). The van der Waals surface area contributed by atoms with E-state index in [4.69, 9.17) is 15.2 Å². The summed E-state index contributed by atoms with van der Waals surface area (Å²) in [4.78, 5) is 11.2. The Morgan fingerprint density at radius 1 is 1.15 bits per heavy atom. The molecule has 0 radical (unpaired) electrons. The third-order valence-corrected chi connectivity index (χ3v) is 3.99. The van der Waals surface area contributed by atoms with Crippen LogP contribution in [0.15, 0.2) is 64.8 Å². The molecule has 2 aromatic rings. The number of nitrogens with two attached hydrogens (primary N) is 1. The Morgan fingerprint density at radius 2 is 1.88 bits per heavy atom. The van der Waals surface area contributed by atoms with Gasteiger partial charge in [0.05, 0.1) is 12.8 Å². The van der Waals surface area contributed by atoms with Crippen LogP contribution in [0.25, 0.3) is 0 Å². The lowest BCUT2D eigenvalue weighted by Crippen LogP contribution is -2.14. The summed E-state index contributed by atoms with van der Waals surface area (Å²) in [5.41, 5.74) is 7.86. The molecular weight excluding hydrogens is 350 g/mol. The number of hydrogen-bond donors (Lipinski definition) is 1. The molecule has 0 saturated heterocycles. The van der Waals surface area contributed by atoms with E-state index >= 15 is 0 Å². The topological polar surface area (TPSA) is 86.3 Å². The highest BCUT2D eigenvalue weighted by Gasteiger charge is 2.02. The van der Waals surface area contributed by atoms with Gasteiger partial charge in [-0.25, -0.2) is 4.79 Å². The fourth-order valence-electron chi connectivity index (χ4n) is 1.91. The van der Waals surface area contributed by atoms with E-state index in [2.05, 4.69) is 10.2 Å². The van der Waals surface area contributed by atoms with Crippen molar-refractivity contribution in [2.45, 2.75) is 12.7 Å². The largest absolute Gasteiger partial charge is 0.482 e. The van der Waals surface area contributed by atoms with Crippen molar-refractivity contribution in [3.05, 3.63) is 65.7 Å². The number of ether oxygens (including phenoxy) is 2. The van der Waals surface area contributed by atoms with Crippen molar-refractivity contribution in [3.8, 4) is 5.75 Å². The molecule has 0 unspecified atom stereocenters. The number of rotatable bonds is 8. The van der Waals surface area contributed by atoms with Crippen molar-refractivity contribution >= 4 is 29.1 Å². The Bertz CT molecular complexity index is 746. The van der Waals surface area contributed by atoms with Crippen molar-refractivity contribution in [2.75, 3.05) is 13.2 Å². The van der Waals surface area contributed by atoms with Crippen molar-refractivity contribution in [2.24, 2.45) is 15.9 Å². The average molecular weight is 371 g/mol. The quantitative estimate of drug-likeness (QED) is 0.333. The van der Waals surface area contributed by atoms with E-state index in [1.165, 1.54) is 17.3 Å². The number of nitrogens with zero attached hydrogens (tertiary/aromatic N) is 2. The molecule has 0 aliphatic rings. The zero-order valence-corrected chi connectivity index (χ0v) is 15.3. The Labute approximate surface area is 157 Å². The lowest BCUT2D eigenvalue weighted by molar-refractivity contribution is -0.145. The van der Waals surface area contributed by atoms with Gasteiger partial charge in [0.1, 0.15) is 5.75 Å². The Kier molecular flexibility index (Phi) is 8.21. The number of esters is 1. The monoisotopic (exact) mass is 371 g/mol. The minimum absolute atomic E-state index is 0.110. The summed E-state index contributed by atoms with van der Waals surface area (Å²) < 4.78 is 10.1. The third-order valence-electron chi connectivity index (χ3n) is 3.13. The molecule has 0 spiro atoms. The Morgan fingerprint density at radius 3 is 2.58 bits per heavy atom. The molecule has 0 aromatic heterocycles. The van der Waals surface area contributed by atoms with Gasteiger partial charge in [0.25, 0.3) is 0 Å². The normalized spacial score (nSPS) is 11.5. The first-order chi connectivity index (χ1) is 12.7. The number of carbonyl (C=O) groups excluding carboxylic acids is 1. The van der Waals surface area contributed by atoms with Crippen LogP contribution in [0.2, 0.25) is 0 Å². The van der Waals surface area contributed by atoms with E-state index < -0.39 is 5.97 Å². The van der Waals surface area contributed by atoms with Crippen LogP contribution in [0, 0.1) is 0 Å². The van der Waals surface area contributed by atoms with E-state index in [9.17, 15) is 4.79 Å². The molecule has 0 aliphatic carbocycles. The highest BCUT2D eigenvalue weighted by molar-refractivity contribution is 8.13. The SMILES string of the molecule is CCOC(=O)COc1ccc(C=NN=C(N)SCc2ccccc2)cc1. The van der Waals surface area contributed by atoms with Crippen LogP contribution in [0.1, 0.15) is 18.1 Å². The molecule has 136 valence electrons. The molecule has 0 saturated carbocycles. The van der Waals surface area contributed by atoms with Gasteiger partial charge in [0.15, 0.2) is 11.8 Å². The van der Waals surface area contributed by atoms with E-state index in [1.807, 2.05) is 42.5 Å². The zero-order chi connectivity index (χ0) is 18.6. The summed E-state index contributed by atoms with van der Waals surface area (Å²) in [5.74, 6) is 0.936. The number of hydrogen-bond acceptors (Lipinski definition) is 6. The van der Waals surface area contributed by atoms with Crippen LogP contribution in [0.3, 0.4) is 0 Å². The van der Waals surface area contributed by atoms with E-state index in [0.717, 1.165) is 11.3 Å². The maximum atomic E-state index is 11.2. The van der Waals surface area contributed by atoms with Gasteiger partial charge < -0.3 is 15.2 Å². The molecule has 0 amide bonds. The van der Waals surface area contributed by atoms with Gasteiger partial charge in [-0.3, -0.25) is 0 Å². The molecule has 2 aromatic carbocycles. The average Bonchev–Trinajstić information content (AvgIpc) is 2.67. The minimum atomic E-state index is -0.393. The minimum Gasteiger partial charge on any atom is -0.482 e. The van der Waals surface area contributed by atoms with E-state index in [0.29, 0.717) is 17.5 Å². The van der Waals surface area contributed by atoms with Crippen LogP contribution in [0.4, 0.5) is 0 Å². The summed E-state index contributed by atoms with van der Waals surface area (Å²) in [5, 5.41) is 8.36. The second-order valence-corrected chi connectivity index (χ2v) is 6.12. The maximum Gasteiger partial charge on any atom is 0.344 e. The number of carbonyl (C=O) groups is 1. The number of thioether (sulfide) groups is 1. The van der Waals surface area contributed by atoms with Crippen LogP contribution < -0.4 is 10.5 Å². The number of benzene rings is 2. The molecule has 0 aliphatic heterocycles. The predicted octanol–water partition coefficient (Wildman–Crippen LogP) is 3.21. The standard InChI is InChI=1S/C19H21N3O3S/c1-2-24-18(23)13-25-17-10-8-15(9-11-17)12-21-22-19(20)26-14-16-6-4-3-5-7-16/h3-12H,2,13-14H2,1H3,(H2,20,22). The lowest BCUT2D eigenvalue weighted by Gasteiger charge is -2.05. The van der Waals surface area contributed by atoms with Crippen molar-refractivity contribution < 1.29 is 14.3 Å². The molecule has 0 bridgehead atoms. The Balaban J connectivity index is 1.79. The van der Waals surface area contributed by atoms with Gasteiger partial charge in [0.2, 0.25) is 0 Å². The zero-order valence-electron chi connectivity index (χ0n) is 14.5. The van der Waals surface area contributed by atoms with Crippen LogP contribution in [0.5, 0.6) is 5.75 Å². The number of amidine groups is 1. The second kappa shape index (κ2) is 10.9. The van der Waals surface area contributed by atoms with Gasteiger partial charge in [0, 0.05) is 5.75 Å². The third kappa shape index (κ3) is 7.40. The van der Waals surface area contributed by atoms with Crippen molar-refractivity contribution in [3.63, 3.8) is 0 Å². The van der Waals surface area contributed by atoms with Gasteiger partial charge in [-0.1, -0.05) is 42.1 Å². The van der Waals surface area contributed by atoms with Crippen LogP contribution in [-0.4, -0.2) is 30.6 Å². The molecule has 2 N–H and O–H groups in total. The molecule has 0 heterocycles. The predicted molar refractivity (Wildman–Crippen MR) is 106 cm³/mol. The molecule has 7 heteroatoms. The molecule has 6 nitrogen and oxygen atoms in total. The van der Waals surface area contributed by atoms with Crippen LogP contribution >= 0.6 is 11.8 Å². The fourth-order valence-corrected chi connectivity index (χ4v) is 2.52. The summed E-state index contributed by atoms with van der Waals surface area (Å²) in [6.07, 6.45) is 1.60. The van der Waals surface area contributed by atoms with Gasteiger partial charge in [-0.15, -0.1) is 5.10 Å². The first kappa shape index (κ1) is 19.5. The summed E-state index contributed by atoms with van der Waals surface area (Å²) in [6, 6.07) is 17.1. The summed E-state index contributed by atoms with van der Waals surface area (Å²) >= 11 is 1.43. The van der Waals surface area contributed by atoms with Crippen molar-refractivity contribution in [1.29, 1.82) is 0 Å². The van der Waals surface area contributed by atoms with Gasteiger partial charge >= 0.3 is 5.97 Å². The maximum absolute atomic E-state index is 11.2. The highest BCUT2D eigenvalue weighted by Crippen LogP contribution is 2.12.